The van der Waals surface area contributed by atoms with E-state index >= 15 is 0 Å². The van der Waals surface area contributed by atoms with Crippen LogP contribution in [0.2, 0.25) is 0 Å². The largest absolute Gasteiger partial charge is 0.497 e. The maximum atomic E-state index is 12.0. The van der Waals surface area contributed by atoms with E-state index in [0.29, 0.717) is 29.4 Å². The normalized spacial score (nSPS) is 15.2. The quantitative estimate of drug-likeness (QED) is 0.786. The third-order valence-electron chi connectivity index (χ3n) is 3.01. The van der Waals surface area contributed by atoms with Crippen LogP contribution in [0.5, 0.6) is 11.5 Å². The second-order valence-electron chi connectivity index (χ2n) is 4.25. The van der Waals surface area contributed by atoms with E-state index in [-0.39, 0.29) is 5.78 Å². The molecule has 0 aliphatic carbocycles. The van der Waals surface area contributed by atoms with Crippen LogP contribution in [-0.4, -0.2) is 33.1 Å². The Kier molecular flexibility index (Phi) is 3.64. The van der Waals surface area contributed by atoms with Crippen LogP contribution in [0, 0.1) is 5.92 Å². The van der Waals surface area contributed by atoms with Gasteiger partial charge in [0.25, 0.3) is 0 Å². The molecule has 0 saturated carbocycles. The maximum absolute atomic E-state index is 12.0. The van der Waals surface area contributed by atoms with Gasteiger partial charge in [0.1, 0.15) is 11.5 Å². The minimum atomic E-state index is 0.147. The van der Waals surface area contributed by atoms with Gasteiger partial charge in [-0.3, -0.25) is 4.79 Å². The summed E-state index contributed by atoms with van der Waals surface area (Å²) in [7, 11) is 3.16. The SMILES string of the molecule is COc1cc(OC)cc(C(=O)CC2CNC2)c1. The van der Waals surface area contributed by atoms with Gasteiger partial charge < -0.3 is 14.8 Å². The van der Waals surface area contributed by atoms with Gasteiger partial charge >= 0.3 is 0 Å². The smallest absolute Gasteiger partial charge is 0.163 e. The van der Waals surface area contributed by atoms with Crippen molar-refractivity contribution in [2.24, 2.45) is 5.92 Å². The molecule has 4 nitrogen and oxygen atoms in total. The van der Waals surface area contributed by atoms with Crippen LogP contribution in [0.15, 0.2) is 18.2 Å². The van der Waals surface area contributed by atoms with Gasteiger partial charge in [-0.25, -0.2) is 0 Å². The third-order valence-corrected chi connectivity index (χ3v) is 3.01. The molecule has 1 saturated heterocycles. The van der Waals surface area contributed by atoms with Crippen LogP contribution in [0.25, 0.3) is 0 Å². The standard InChI is InChI=1S/C13H17NO3/c1-16-11-4-10(5-12(6-11)17-2)13(15)3-9-7-14-8-9/h4-6,9,14H,3,7-8H2,1-2H3. The molecule has 0 bridgehead atoms. The highest BCUT2D eigenvalue weighted by Gasteiger charge is 2.21. The van der Waals surface area contributed by atoms with E-state index in [0.717, 1.165) is 13.1 Å². The molecule has 1 fully saturated rings. The maximum Gasteiger partial charge on any atom is 0.163 e. The number of carbonyl (C=O) groups excluding carboxylic acids is 1. The van der Waals surface area contributed by atoms with Crippen molar-refractivity contribution in [1.29, 1.82) is 0 Å². The number of rotatable bonds is 5. The first-order chi connectivity index (χ1) is 8.22. The molecule has 1 N–H and O–H groups in total. The predicted octanol–water partition coefficient (Wildman–Crippen LogP) is 1.50. The monoisotopic (exact) mass is 235 g/mol. The van der Waals surface area contributed by atoms with Gasteiger partial charge in [-0.2, -0.15) is 0 Å². The third kappa shape index (κ3) is 2.77. The fraction of sp³-hybridized carbons (Fsp3) is 0.462. The molecule has 2 rings (SSSR count). The molecule has 17 heavy (non-hydrogen) atoms. The van der Waals surface area contributed by atoms with Crippen molar-refractivity contribution in [3.05, 3.63) is 23.8 Å². The fourth-order valence-corrected chi connectivity index (χ4v) is 1.84. The van der Waals surface area contributed by atoms with Crippen LogP contribution in [-0.2, 0) is 0 Å². The molecule has 0 unspecified atom stereocenters. The minimum absolute atomic E-state index is 0.147. The second kappa shape index (κ2) is 5.19. The van der Waals surface area contributed by atoms with Gasteiger partial charge in [0, 0.05) is 18.1 Å². The molecule has 0 amide bonds. The predicted molar refractivity (Wildman–Crippen MR) is 64.9 cm³/mol. The molecule has 1 aliphatic rings. The summed E-state index contributed by atoms with van der Waals surface area (Å²) in [6, 6.07) is 5.29. The average molecular weight is 235 g/mol. The van der Waals surface area contributed by atoms with E-state index in [1.807, 2.05) is 0 Å². The van der Waals surface area contributed by atoms with Crippen LogP contribution in [0.3, 0.4) is 0 Å². The molecule has 0 atom stereocenters. The van der Waals surface area contributed by atoms with Gasteiger partial charge in [0.05, 0.1) is 14.2 Å². The van der Waals surface area contributed by atoms with E-state index in [1.165, 1.54) is 0 Å². The van der Waals surface area contributed by atoms with Crippen molar-refractivity contribution >= 4 is 5.78 Å². The van der Waals surface area contributed by atoms with Crippen molar-refractivity contribution in [3.8, 4) is 11.5 Å². The first-order valence-corrected chi connectivity index (χ1v) is 5.70. The van der Waals surface area contributed by atoms with Gasteiger partial charge in [-0.15, -0.1) is 0 Å². The number of hydrogen-bond acceptors (Lipinski definition) is 4. The summed E-state index contributed by atoms with van der Waals surface area (Å²) >= 11 is 0. The lowest BCUT2D eigenvalue weighted by Gasteiger charge is -2.26. The highest BCUT2D eigenvalue weighted by molar-refractivity contribution is 5.97. The van der Waals surface area contributed by atoms with E-state index in [1.54, 1.807) is 32.4 Å². The Morgan fingerprint density at radius 2 is 1.82 bits per heavy atom. The lowest BCUT2D eigenvalue weighted by Crippen LogP contribution is -2.42. The van der Waals surface area contributed by atoms with Crippen LogP contribution < -0.4 is 14.8 Å². The number of nitrogens with one attached hydrogen (secondary N) is 1. The highest BCUT2D eigenvalue weighted by atomic mass is 16.5. The zero-order valence-electron chi connectivity index (χ0n) is 10.2. The number of ketones is 1. The summed E-state index contributed by atoms with van der Waals surface area (Å²) < 4.78 is 10.3. The average Bonchev–Trinajstić information content (AvgIpc) is 2.32. The van der Waals surface area contributed by atoms with E-state index in [4.69, 9.17) is 9.47 Å². The zero-order chi connectivity index (χ0) is 12.3. The molecule has 1 aromatic carbocycles. The Morgan fingerprint density at radius 1 is 1.24 bits per heavy atom. The number of ether oxygens (including phenoxy) is 2. The van der Waals surface area contributed by atoms with Gasteiger partial charge in [0.2, 0.25) is 0 Å². The molecule has 4 heteroatoms. The van der Waals surface area contributed by atoms with Crippen LogP contribution in [0.1, 0.15) is 16.8 Å². The van der Waals surface area contributed by atoms with Crippen LogP contribution >= 0.6 is 0 Å². The Morgan fingerprint density at radius 3 is 2.24 bits per heavy atom. The molecule has 92 valence electrons. The molecule has 0 spiro atoms. The first kappa shape index (κ1) is 11.9. The summed E-state index contributed by atoms with van der Waals surface area (Å²) in [6.07, 6.45) is 0.587. The van der Waals surface area contributed by atoms with Gasteiger partial charge in [-0.05, 0) is 31.1 Å². The lowest BCUT2D eigenvalue weighted by molar-refractivity contribution is 0.0945. The highest BCUT2D eigenvalue weighted by Crippen LogP contribution is 2.24. The minimum Gasteiger partial charge on any atom is -0.497 e. The number of benzene rings is 1. The first-order valence-electron chi connectivity index (χ1n) is 5.70. The Hall–Kier alpha value is -1.55. The number of carbonyl (C=O) groups is 1. The summed E-state index contributed by atoms with van der Waals surface area (Å²) in [5.74, 6) is 1.92. The Bertz CT molecular complexity index is 391. The van der Waals surface area contributed by atoms with Crippen LogP contribution in [0.4, 0.5) is 0 Å². The van der Waals surface area contributed by atoms with Crippen molar-refractivity contribution in [2.45, 2.75) is 6.42 Å². The van der Waals surface area contributed by atoms with Gasteiger partial charge in [-0.1, -0.05) is 0 Å². The summed E-state index contributed by atoms with van der Waals surface area (Å²) in [6.45, 7) is 1.87. The number of hydrogen-bond donors (Lipinski definition) is 1. The molecular formula is C13H17NO3. The van der Waals surface area contributed by atoms with Crippen molar-refractivity contribution in [2.75, 3.05) is 27.3 Å². The number of Topliss-reactive ketones (excluding diaryl/α,β-unsaturated/α-hetero) is 1. The number of methoxy groups -OCH3 is 2. The summed E-state index contributed by atoms with van der Waals surface area (Å²) in [4.78, 5) is 12.0. The van der Waals surface area contributed by atoms with Crippen molar-refractivity contribution in [3.63, 3.8) is 0 Å². The molecule has 1 aliphatic heterocycles. The molecule has 1 aromatic rings. The van der Waals surface area contributed by atoms with E-state index < -0.39 is 0 Å². The van der Waals surface area contributed by atoms with E-state index in [9.17, 15) is 4.79 Å². The summed E-state index contributed by atoms with van der Waals surface area (Å²) in [5, 5.41) is 3.16. The molecular weight excluding hydrogens is 218 g/mol. The molecule has 1 heterocycles. The second-order valence-corrected chi connectivity index (χ2v) is 4.25. The topological polar surface area (TPSA) is 47.6 Å². The summed E-state index contributed by atoms with van der Waals surface area (Å²) in [5.41, 5.74) is 0.660. The molecule has 0 radical (unpaired) electrons. The lowest BCUT2D eigenvalue weighted by atomic mass is 9.93. The fourth-order valence-electron chi connectivity index (χ4n) is 1.84. The molecule has 0 aromatic heterocycles. The Balaban J connectivity index is 2.14. The van der Waals surface area contributed by atoms with Crippen molar-refractivity contribution in [1.82, 2.24) is 5.32 Å². The Labute approximate surface area is 101 Å². The van der Waals surface area contributed by atoms with Gasteiger partial charge in [0.15, 0.2) is 5.78 Å². The zero-order valence-corrected chi connectivity index (χ0v) is 10.2. The van der Waals surface area contributed by atoms with Crippen molar-refractivity contribution < 1.29 is 14.3 Å². The van der Waals surface area contributed by atoms with E-state index in [2.05, 4.69) is 5.32 Å².